The monoisotopic (exact) mass is 310 g/mol. The number of rotatable bonds is 5. The van der Waals surface area contributed by atoms with Crippen molar-refractivity contribution in [2.45, 2.75) is 71.6 Å². The second-order valence-electron chi connectivity index (χ2n) is 8.14. The fraction of sp³-hybridized carbons (Fsp3) is 0.750. The van der Waals surface area contributed by atoms with Crippen LogP contribution in [0.2, 0.25) is 18.1 Å². The predicted octanol–water partition coefficient (Wildman–Crippen LogP) is 4.01. The molecule has 0 atom stereocenters. The Labute approximate surface area is 130 Å². The average Bonchev–Trinajstić information content (AvgIpc) is 2.69. The predicted molar refractivity (Wildman–Crippen MR) is 89.5 cm³/mol. The van der Waals surface area contributed by atoms with Gasteiger partial charge >= 0.3 is 0 Å². The highest BCUT2D eigenvalue weighted by Gasteiger charge is 2.37. The van der Waals surface area contributed by atoms with E-state index in [-0.39, 0.29) is 10.5 Å². The molecular formula is C16H30N2O2Si. The maximum Gasteiger partial charge on any atom is 0.192 e. The summed E-state index contributed by atoms with van der Waals surface area (Å²) in [7, 11) is -1.75. The first kappa shape index (κ1) is 18.1. The molecule has 0 aliphatic rings. The molecule has 4 nitrogen and oxygen atoms in total. The van der Waals surface area contributed by atoms with Crippen molar-refractivity contribution in [3.8, 4) is 0 Å². The fourth-order valence-electron chi connectivity index (χ4n) is 1.88. The highest BCUT2D eigenvalue weighted by Crippen LogP contribution is 2.36. The number of hydrogen-bond acceptors (Lipinski definition) is 3. The van der Waals surface area contributed by atoms with E-state index in [2.05, 4.69) is 59.7 Å². The molecule has 0 bridgehead atoms. The second-order valence-corrected chi connectivity index (χ2v) is 13.0. The molecule has 0 saturated carbocycles. The van der Waals surface area contributed by atoms with Crippen LogP contribution in [0.4, 0.5) is 0 Å². The number of hydrogen-bond donors (Lipinski definition) is 0. The zero-order chi connectivity index (χ0) is 16.5. The highest BCUT2D eigenvalue weighted by molar-refractivity contribution is 6.74. The molecule has 0 aromatic carbocycles. The van der Waals surface area contributed by atoms with Crippen molar-refractivity contribution in [2.24, 2.45) is 0 Å². The maximum absolute atomic E-state index is 11.4. The molecule has 0 N–H and O–H groups in total. The molecule has 1 aromatic heterocycles. The average molecular weight is 311 g/mol. The molecule has 5 heteroatoms. The summed E-state index contributed by atoms with van der Waals surface area (Å²) in [6.07, 6.45) is 2.70. The van der Waals surface area contributed by atoms with Gasteiger partial charge in [-0.3, -0.25) is 9.48 Å². The lowest BCUT2D eigenvalue weighted by atomic mass is 9.87. The largest absolute Gasteiger partial charge is 0.415 e. The van der Waals surface area contributed by atoms with Crippen molar-refractivity contribution in [3.05, 3.63) is 17.5 Å². The van der Waals surface area contributed by atoms with Gasteiger partial charge in [0.2, 0.25) is 0 Å². The van der Waals surface area contributed by atoms with E-state index in [0.29, 0.717) is 18.8 Å². The van der Waals surface area contributed by atoms with Crippen molar-refractivity contribution in [3.63, 3.8) is 0 Å². The standard InChI is InChI=1S/C16H30N2O2Si/c1-15(2,3)13-11-17-18(14(13)12-19)9-10-20-21(7,8)16(4,5)6/h11-12H,9-10H2,1-8H3. The van der Waals surface area contributed by atoms with Gasteiger partial charge in [-0.2, -0.15) is 5.10 Å². The Morgan fingerprint density at radius 1 is 1.24 bits per heavy atom. The Kier molecular flexibility index (Phi) is 5.21. The first-order valence-electron chi connectivity index (χ1n) is 7.55. The Balaban J connectivity index is 2.78. The molecule has 0 unspecified atom stereocenters. The molecule has 21 heavy (non-hydrogen) atoms. The summed E-state index contributed by atoms with van der Waals surface area (Å²) in [4.78, 5) is 11.4. The van der Waals surface area contributed by atoms with Crippen LogP contribution in [0.15, 0.2) is 6.20 Å². The lowest BCUT2D eigenvalue weighted by molar-refractivity contribution is 0.111. The topological polar surface area (TPSA) is 44.1 Å². The minimum Gasteiger partial charge on any atom is -0.415 e. The van der Waals surface area contributed by atoms with Gasteiger partial charge in [0.25, 0.3) is 0 Å². The normalized spacial score (nSPS) is 13.5. The zero-order valence-electron chi connectivity index (χ0n) is 14.8. The summed E-state index contributed by atoms with van der Waals surface area (Å²) in [5, 5.41) is 4.55. The third kappa shape index (κ3) is 4.26. The second kappa shape index (κ2) is 6.05. The molecular weight excluding hydrogens is 280 g/mol. The number of carbonyl (C=O) groups excluding carboxylic acids is 1. The van der Waals surface area contributed by atoms with E-state index < -0.39 is 8.32 Å². The van der Waals surface area contributed by atoms with Crippen LogP contribution in [0.1, 0.15) is 57.6 Å². The van der Waals surface area contributed by atoms with Crippen LogP contribution >= 0.6 is 0 Å². The summed E-state index contributed by atoms with van der Waals surface area (Å²) in [5.41, 5.74) is 1.58. The van der Waals surface area contributed by atoms with E-state index in [0.717, 1.165) is 11.8 Å². The minimum atomic E-state index is -1.75. The number of aromatic nitrogens is 2. The summed E-state index contributed by atoms with van der Waals surface area (Å²) in [5.74, 6) is 0. The van der Waals surface area contributed by atoms with E-state index in [4.69, 9.17) is 4.43 Å². The molecule has 1 heterocycles. The van der Waals surface area contributed by atoms with Crippen molar-refractivity contribution in [1.82, 2.24) is 9.78 Å². The Morgan fingerprint density at radius 2 is 1.81 bits per heavy atom. The number of carbonyl (C=O) groups is 1. The first-order chi connectivity index (χ1) is 9.40. The molecule has 0 saturated heterocycles. The maximum atomic E-state index is 11.4. The number of aldehydes is 1. The van der Waals surface area contributed by atoms with Crippen LogP contribution in [0.25, 0.3) is 0 Å². The first-order valence-corrected chi connectivity index (χ1v) is 10.5. The van der Waals surface area contributed by atoms with Crippen molar-refractivity contribution >= 4 is 14.6 Å². The van der Waals surface area contributed by atoms with Gasteiger partial charge in [-0.05, 0) is 23.5 Å². The van der Waals surface area contributed by atoms with Crippen LogP contribution in [0.3, 0.4) is 0 Å². The molecule has 0 spiro atoms. The summed E-state index contributed by atoms with van der Waals surface area (Å²) in [6.45, 7) is 18.6. The highest BCUT2D eigenvalue weighted by atomic mass is 28.4. The van der Waals surface area contributed by atoms with Gasteiger partial charge in [-0.25, -0.2) is 0 Å². The van der Waals surface area contributed by atoms with E-state index >= 15 is 0 Å². The van der Waals surface area contributed by atoms with Gasteiger partial charge < -0.3 is 4.43 Å². The van der Waals surface area contributed by atoms with E-state index in [1.54, 1.807) is 10.9 Å². The van der Waals surface area contributed by atoms with Gasteiger partial charge in [0, 0.05) is 5.56 Å². The quantitative estimate of drug-likeness (QED) is 0.609. The lowest BCUT2D eigenvalue weighted by Gasteiger charge is -2.36. The fourth-order valence-corrected chi connectivity index (χ4v) is 2.91. The van der Waals surface area contributed by atoms with Crippen molar-refractivity contribution in [2.75, 3.05) is 6.61 Å². The van der Waals surface area contributed by atoms with Crippen LogP contribution in [0, 0.1) is 0 Å². The van der Waals surface area contributed by atoms with Crippen molar-refractivity contribution < 1.29 is 9.22 Å². The molecule has 1 aromatic rings. The van der Waals surface area contributed by atoms with E-state index in [1.807, 2.05) is 0 Å². The Hall–Kier alpha value is -0.943. The van der Waals surface area contributed by atoms with E-state index in [9.17, 15) is 4.79 Å². The molecule has 120 valence electrons. The third-order valence-corrected chi connectivity index (χ3v) is 8.91. The van der Waals surface area contributed by atoms with Gasteiger partial charge in [0.05, 0.1) is 19.3 Å². The molecule has 1 rings (SSSR count). The smallest absolute Gasteiger partial charge is 0.192 e. The van der Waals surface area contributed by atoms with Crippen LogP contribution in [-0.2, 0) is 16.4 Å². The summed E-state index contributed by atoms with van der Waals surface area (Å²) in [6, 6.07) is 0. The van der Waals surface area contributed by atoms with Gasteiger partial charge in [-0.15, -0.1) is 0 Å². The van der Waals surface area contributed by atoms with E-state index in [1.165, 1.54) is 0 Å². The third-order valence-electron chi connectivity index (χ3n) is 4.37. The molecule has 0 radical (unpaired) electrons. The molecule has 0 aliphatic carbocycles. The van der Waals surface area contributed by atoms with Crippen LogP contribution in [-0.4, -0.2) is 31.0 Å². The molecule has 0 amide bonds. The summed E-state index contributed by atoms with van der Waals surface area (Å²) >= 11 is 0. The summed E-state index contributed by atoms with van der Waals surface area (Å²) < 4.78 is 7.92. The SMILES string of the molecule is CC(C)(C)c1cnn(CCO[Si](C)(C)C(C)(C)C)c1C=O. The molecule has 0 aliphatic heterocycles. The van der Waals surface area contributed by atoms with Crippen LogP contribution in [0.5, 0.6) is 0 Å². The molecule has 0 fully saturated rings. The van der Waals surface area contributed by atoms with Gasteiger partial charge in [0.15, 0.2) is 14.6 Å². The minimum absolute atomic E-state index is 0.0746. The Bertz CT molecular complexity index is 493. The lowest BCUT2D eigenvalue weighted by Crippen LogP contribution is -2.41. The van der Waals surface area contributed by atoms with Gasteiger partial charge in [-0.1, -0.05) is 41.5 Å². The van der Waals surface area contributed by atoms with Crippen molar-refractivity contribution in [1.29, 1.82) is 0 Å². The Morgan fingerprint density at radius 3 is 2.24 bits per heavy atom. The van der Waals surface area contributed by atoms with Gasteiger partial charge in [0.1, 0.15) is 5.69 Å². The number of nitrogens with zero attached hydrogens (tertiary/aromatic N) is 2. The van der Waals surface area contributed by atoms with Crippen LogP contribution < -0.4 is 0 Å². The zero-order valence-corrected chi connectivity index (χ0v) is 15.8.